The van der Waals surface area contributed by atoms with Gasteiger partial charge in [-0.15, -0.1) is 0 Å². The highest BCUT2D eigenvalue weighted by molar-refractivity contribution is 6.57. The van der Waals surface area contributed by atoms with Crippen molar-refractivity contribution in [1.29, 1.82) is 0 Å². The van der Waals surface area contributed by atoms with E-state index in [2.05, 4.69) is 5.32 Å². The van der Waals surface area contributed by atoms with Gasteiger partial charge in [-0.3, -0.25) is 19.7 Å². The van der Waals surface area contributed by atoms with Crippen LogP contribution in [0.4, 0.5) is 0 Å². The molecule has 1 N–H and O–H groups in total. The molecular formula is C6H8N2O3. The second kappa shape index (κ2) is 3.25. The van der Waals surface area contributed by atoms with Crippen molar-refractivity contribution in [3.05, 3.63) is 0 Å². The van der Waals surface area contributed by atoms with Crippen LogP contribution in [0.2, 0.25) is 0 Å². The third kappa shape index (κ3) is 1.62. The molecular weight excluding hydrogens is 148 g/mol. The summed E-state index contributed by atoms with van der Waals surface area (Å²) >= 11 is 0. The van der Waals surface area contributed by atoms with Crippen molar-refractivity contribution in [2.75, 3.05) is 19.8 Å². The molecule has 11 heavy (non-hydrogen) atoms. The maximum Gasteiger partial charge on any atom is 0.298 e. The number of hydrogen-bond donors (Lipinski definition) is 1. The second-order valence-corrected chi connectivity index (χ2v) is 2.21. The summed E-state index contributed by atoms with van der Waals surface area (Å²) in [5, 5.41) is 2.87. The number of nitrogens with one attached hydrogen (secondary N) is 1. The first-order valence-corrected chi connectivity index (χ1v) is 3.25. The molecule has 5 heteroatoms. The normalized spacial score (nSPS) is 16.5. The molecule has 0 aromatic rings. The Kier molecular flexibility index (Phi) is 2.32. The van der Waals surface area contributed by atoms with Crippen LogP contribution in [0.5, 0.6) is 0 Å². The van der Waals surface area contributed by atoms with E-state index < -0.39 is 11.7 Å². The lowest BCUT2D eigenvalue weighted by atomic mass is 10.4. The highest BCUT2D eigenvalue weighted by atomic mass is 16.2. The number of aldehydes is 1. The van der Waals surface area contributed by atoms with Crippen LogP contribution in [-0.4, -0.2) is 42.6 Å². The lowest BCUT2D eigenvalue weighted by molar-refractivity contribution is -0.146. The SMILES string of the molecule is O=CC(=O)C(=O)N1CCNC1. The Balaban J connectivity index is 2.52. The van der Waals surface area contributed by atoms with Gasteiger partial charge in [0.05, 0.1) is 6.67 Å². The first kappa shape index (κ1) is 7.87. The zero-order valence-corrected chi connectivity index (χ0v) is 5.87. The van der Waals surface area contributed by atoms with Gasteiger partial charge in [0.2, 0.25) is 0 Å². The highest BCUT2D eigenvalue weighted by Crippen LogP contribution is 1.92. The van der Waals surface area contributed by atoms with E-state index in [-0.39, 0.29) is 6.29 Å². The molecule has 1 amide bonds. The molecule has 0 aliphatic carbocycles. The zero-order chi connectivity index (χ0) is 8.27. The smallest absolute Gasteiger partial charge is 0.298 e. The van der Waals surface area contributed by atoms with Gasteiger partial charge in [0.1, 0.15) is 0 Å². The summed E-state index contributed by atoms with van der Waals surface area (Å²) < 4.78 is 0. The van der Waals surface area contributed by atoms with E-state index in [1.54, 1.807) is 0 Å². The summed E-state index contributed by atoms with van der Waals surface area (Å²) in [7, 11) is 0. The van der Waals surface area contributed by atoms with Crippen molar-refractivity contribution >= 4 is 18.0 Å². The maximum absolute atomic E-state index is 10.9. The maximum atomic E-state index is 10.9. The first-order valence-electron chi connectivity index (χ1n) is 3.25. The molecule has 1 fully saturated rings. The van der Waals surface area contributed by atoms with Gasteiger partial charge in [-0.2, -0.15) is 0 Å². The summed E-state index contributed by atoms with van der Waals surface area (Å²) in [6.07, 6.45) is 0.0423. The average Bonchev–Trinajstić information content (AvgIpc) is 2.53. The van der Waals surface area contributed by atoms with Crippen molar-refractivity contribution in [3.8, 4) is 0 Å². The molecule has 0 radical (unpaired) electrons. The molecule has 60 valence electrons. The lowest BCUT2D eigenvalue weighted by Crippen LogP contribution is -2.35. The summed E-state index contributed by atoms with van der Waals surface area (Å²) in [6.45, 7) is 1.54. The molecule has 0 spiro atoms. The second-order valence-electron chi connectivity index (χ2n) is 2.21. The molecule has 0 aromatic carbocycles. The molecule has 1 heterocycles. The van der Waals surface area contributed by atoms with Gasteiger partial charge in [0.25, 0.3) is 11.7 Å². The summed E-state index contributed by atoms with van der Waals surface area (Å²) in [6, 6.07) is 0. The Bertz CT molecular complexity index is 196. The number of nitrogens with zero attached hydrogens (tertiary/aromatic N) is 1. The lowest BCUT2D eigenvalue weighted by Gasteiger charge is -2.09. The van der Waals surface area contributed by atoms with E-state index >= 15 is 0 Å². The van der Waals surface area contributed by atoms with E-state index in [1.807, 2.05) is 0 Å². The average molecular weight is 156 g/mol. The molecule has 0 saturated carbocycles. The highest BCUT2D eigenvalue weighted by Gasteiger charge is 2.22. The molecule has 0 unspecified atom stereocenters. The molecule has 1 saturated heterocycles. The molecule has 1 aliphatic rings. The van der Waals surface area contributed by atoms with Crippen LogP contribution in [0.1, 0.15) is 0 Å². The summed E-state index contributed by atoms with van der Waals surface area (Å²) in [4.78, 5) is 32.6. The van der Waals surface area contributed by atoms with Crippen molar-refractivity contribution in [3.63, 3.8) is 0 Å². The predicted octanol–water partition coefficient (Wildman–Crippen LogP) is -1.86. The fourth-order valence-corrected chi connectivity index (χ4v) is 0.887. The quantitative estimate of drug-likeness (QED) is 0.289. The van der Waals surface area contributed by atoms with Crippen LogP contribution in [0.3, 0.4) is 0 Å². The first-order chi connectivity index (χ1) is 5.25. The summed E-state index contributed by atoms with van der Waals surface area (Å²) in [5.74, 6) is -1.70. The largest absolute Gasteiger partial charge is 0.322 e. The van der Waals surface area contributed by atoms with E-state index in [4.69, 9.17) is 0 Å². The third-order valence-corrected chi connectivity index (χ3v) is 1.47. The fraction of sp³-hybridized carbons (Fsp3) is 0.500. The van der Waals surface area contributed by atoms with Crippen molar-refractivity contribution in [2.45, 2.75) is 0 Å². The van der Waals surface area contributed by atoms with Crippen LogP contribution in [-0.2, 0) is 14.4 Å². The van der Waals surface area contributed by atoms with Gasteiger partial charge in [0.15, 0.2) is 6.29 Å². The molecule has 5 nitrogen and oxygen atoms in total. The van der Waals surface area contributed by atoms with Gasteiger partial charge in [0, 0.05) is 13.1 Å². The van der Waals surface area contributed by atoms with Crippen LogP contribution < -0.4 is 5.32 Å². The van der Waals surface area contributed by atoms with Gasteiger partial charge < -0.3 is 4.90 Å². The molecule has 0 bridgehead atoms. The molecule has 0 atom stereocenters. The number of amides is 1. The molecule has 1 rings (SSSR count). The Morgan fingerprint density at radius 3 is 2.64 bits per heavy atom. The zero-order valence-electron chi connectivity index (χ0n) is 5.87. The van der Waals surface area contributed by atoms with Crippen LogP contribution in [0, 0.1) is 0 Å². The number of rotatable bonds is 2. The Morgan fingerprint density at radius 2 is 2.18 bits per heavy atom. The summed E-state index contributed by atoms with van der Waals surface area (Å²) in [5.41, 5.74) is 0. The third-order valence-electron chi connectivity index (χ3n) is 1.47. The van der Waals surface area contributed by atoms with E-state index in [9.17, 15) is 14.4 Å². The van der Waals surface area contributed by atoms with E-state index in [1.165, 1.54) is 4.90 Å². The van der Waals surface area contributed by atoms with Gasteiger partial charge in [-0.25, -0.2) is 0 Å². The van der Waals surface area contributed by atoms with Crippen LogP contribution in [0.15, 0.2) is 0 Å². The van der Waals surface area contributed by atoms with Crippen LogP contribution in [0.25, 0.3) is 0 Å². The Labute approximate surface area is 63.4 Å². The number of Topliss-reactive ketones (excluding diaryl/α,β-unsaturated/α-hetero) is 1. The Hall–Kier alpha value is -1.23. The number of carbonyl (C=O) groups is 3. The van der Waals surface area contributed by atoms with E-state index in [0.29, 0.717) is 19.8 Å². The number of carbonyl (C=O) groups excluding carboxylic acids is 3. The minimum atomic E-state index is -0.978. The Morgan fingerprint density at radius 1 is 1.45 bits per heavy atom. The van der Waals surface area contributed by atoms with E-state index in [0.717, 1.165) is 0 Å². The van der Waals surface area contributed by atoms with Gasteiger partial charge >= 0.3 is 0 Å². The monoisotopic (exact) mass is 156 g/mol. The topological polar surface area (TPSA) is 66.5 Å². The van der Waals surface area contributed by atoms with Crippen molar-refractivity contribution in [2.24, 2.45) is 0 Å². The minimum Gasteiger partial charge on any atom is -0.322 e. The van der Waals surface area contributed by atoms with Crippen LogP contribution >= 0.6 is 0 Å². The minimum absolute atomic E-state index is 0.0423. The van der Waals surface area contributed by atoms with Crippen molar-refractivity contribution < 1.29 is 14.4 Å². The fourth-order valence-electron chi connectivity index (χ4n) is 0.887. The molecule has 0 aromatic heterocycles. The number of hydrogen-bond acceptors (Lipinski definition) is 4. The van der Waals surface area contributed by atoms with Crippen molar-refractivity contribution in [1.82, 2.24) is 10.2 Å². The van der Waals surface area contributed by atoms with Gasteiger partial charge in [-0.1, -0.05) is 0 Å². The standard InChI is InChI=1S/C6H8N2O3/c9-3-5(10)6(11)8-2-1-7-4-8/h3,7H,1-2,4H2. The molecule has 1 aliphatic heterocycles. The predicted molar refractivity (Wildman–Crippen MR) is 35.7 cm³/mol. The van der Waals surface area contributed by atoms with Gasteiger partial charge in [-0.05, 0) is 0 Å². The number of ketones is 1.